The zero-order valence-corrected chi connectivity index (χ0v) is 20.5. The second-order valence-electron chi connectivity index (χ2n) is 10.9. The molecule has 2 fully saturated rings. The van der Waals surface area contributed by atoms with E-state index >= 15 is 0 Å². The minimum atomic E-state index is 0.288. The van der Waals surface area contributed by atoms with Crippen molar-refractivity contribution in [2.24, 2.45) is 5.92 Å². The molecular formula is C26H44N2O3+2. The van der Waals surface area contributed by atoms with Crippen LogP contribution in [-0.2, 0) is 17.7 Å². The summed E-state index contributed by atoms with van der Waals surface area (Å²) in [5.74, 6) is 2.42. The van der Waals surface area contributed by atoms with Crippen molar-refractivity contribution < 1.29 is 23.2 Å². The maximum Gasteiger partial charge on any atom is 0.161 e. The van der Waals surface area contributed by atoms with Gasteiger partial charge < -0.3 is 23.2 Å². The highest BCUT2D eigenvalue weighted by molar-refractivity contribution is 5.47. The van der Waals surface area contributed by atoms with E-state index < -0.39 is 0 Å². The molecule has 1 aromatic rings. The van der Waals surface area contributed by atoms with Gasteiger partial charge in [-0.3, -0.25) is 0 Å². The molecule has 174 valence electrons. The van der Waals surface area contributed by atoms with Crippen LogP contribution in [-0.4, -0.2) is 82.2 Å². The third kappa shape index (κ3) is 4.89. The van der Waals surface area contributed by atoms with Crippen LogP contribution in [0.5, 0.6) is 11.5 Å². The fourth-order valence-corrected chi connectivity index (χ4v) is 6.77. The first-order valence-electron chi connectivity index (χ1n) is 12.4. The van der Waals surface area contributed by atoms with Crippen molar-refractivity contribution in [2.45, 2.75) is 64.1 Å². The first kappa shape index (κ1) is 22.9. The summed E-state index contributed by atoms with van der Waals surface area (Å²) in [6.45, 7) is 9.23. The molecule has 0 radical (unpaired) electrons. The molecule has 5 atom stereocenters. The van der Waals surface area contributed by atoms with Gasteiger partial charge >= 0.3 is 0 Å². The maximum absolute atomic E-state index is 6.54. The third-order valence-corrected chi connectivity index (χ3v) is 8.48. The van der Waals surface area contributed by atoms with E-state index in [-0.39, 0.29) is 6.10 Å². The van der Waals surface area contributed by atoms with Gasteiger partial charge in [-0.05, 0) is 50.3 Å². The molecule has 31 heavy (non-hydrogen) atoms. The number of ether oxygens (including phenoxy) is 3. The van der Waals surface area contributed by atoms with E-state index in [1.807, 2.05) is 0 Å². The lowest BCUT2D eigenvalue weighted by atomic mass is 9.82. The number of nitrogens with zero attached hydrogens (tertiary/aromatic N) is 2. The monoisotopic (exact) mass is 432 g/mol. The Balaban J connectivity index is 1.35. The molecule has 0 saturated carbocycles. The quantitative estimate of drug-likeness (QED) is 0.609. The summed E-state index contributed by atoms with van der Waals surface area (Å²) < 4.78 is 19.9. The van der Waals surface area contributed by atoms with Gasteiger partial charge in [0.15, 0.2) is 11.5 Å². The van der Waals surface area contributed by atoms with E-state index in [1.165, 1.54) is 60.8 Å². The highest BCUT2D eigenvalue weighted by Crippen LogP contribution is 2.37. The topological polar surface area (TPSA) is 27.7 Å². The number of quaternary nitrogens is 2. The zero-order valence-electron chi connectivity index (χ0n) is 20.5. The number of piperidine rings is 2. The molecule has 3 aliphatic heterocycles. The summed E-state index contributed by atoms with van der Waals surface area (Å²) in [6, 6.07) is 5.17. The largest absolute Gasteiger partial charge is 0.493 e. The lowest BCUT2D eigenvalue weighted by Gasteiger charge is -2.51. The SMILES string of the molecule is COc1cc2c(cc1OC)C[N+](C)(CC(C)OCC1CCC[N+]3(C)CCCCC13)CC2. The number of likely N-dealkylation sites (N-methyl/N-ethyl adjacent to an activating group) is 1. The predicted molar refractivity (Wildman–Crippen MR) is 125 cm³/mol. The maximum atomic E-state index is 6.54. The van der Waals surface area contributed by atoms with Crippen LogP contribution < -0.4 is 9.47 Å². The summed E-state index contributed by atoms with van der Waals surface area (Å²) in [7, 11) is 8.32. The third-order valence-electron chi connectivity index (χ3n) is 8.48. The Morgan fingerprint density at radius 2 is 1.65 bits per heavy atom. The summed E-state index contributed by atoms with van der Waals surface area (Å²) in [5.41, 5.74) is 2.79. The lowest BCUT2D eigenvalue weighted by molar-refractivity contribution is -0.947. The van der Waals surface area contributed by atoms with Crippen LogP contribution >= 0.6 is 0 Å². The van der Waals surface area contributed by atoms with Gasteiger partial charge in [0, 0.05) is 24.3 Å². The van der Waals surface area contributed by atoms with Crippen LogP contribution in [0.4, 0.5) is 0 Å². The smallest absolute Gasteiger partial charge is 0.161 e. The summed E-state index contributed by atoms with van der Waals surface area (Å²) in [5, 5.41) is 0. The molecule has 3 heterocycles. The molecule has 5 unspecified atom stereocenters. The Morgan fingerprint density at radius 3 is 2.39 bits per heavy atom. The van der Waals surface area contributed by atoms with Gasteiger partial charge in [-0.15, -0.1) is 0 Å². The second kappa shape index (κ2) is 9.29. The molecule has 5 nitrogen and oxygen atoms in total. The van der Waals surface area contributed by atoms with Crippen LogP contribution in [0.2, 0.25) is 0 Å². The summed E-state index contributed by atoms with van der Waals surface area (Å²) in [4.78, 5) is 0. The van der Waals surface area contributed by atoms with E-state index in [9.17, 15) is 0 Å². The number of hydrogen-bond donors (Lipinski definition) is 0. The van der Waals surface area contributed by atoms with Gasteiger partial charge in [-0.25, -0.2) is 0 Å². The first-order valence-corrected chi connectivity index (χ1v) is 12.4. The molecule has 4 rings (SSSR count). The Morgan fingerprint density at radius 1 is 0.935 bits per heavy atom. The van der Waals surface area contributed by atoms with Crippen molar-refractivity contribution in [1.29, 1.82) is 0 Å². The van der Waals surface area contributed by atoms with Gasteiger partial charge in [-0.1, -0.05) is 0 Å². The number of fused-ring (bicyclic) bond motifs is 2. The standard InChI is InChI=1S/C26H44N2O3/c1-20(31-19-22-9-8-13-28(3)12-7-6-10-24(22)28)17-27(2)14-11-21-15-25(29-4)26(30-5)16-23(21)18-27/h15-16,20,22,24H,6-14,17-19H2,1-5H3/q+2. The Labute approximate surface area is 189 Å². The van der Waals surface area contributed by atoms with Crippen LogP contribution in [0, 0.1) is 5.92 Å². The molecule has 3 aliphatic rings. The molecule has 0 N–H and O–H groups in total. The van der Waals surface area contributed by atoms with Crippen molar-refractivity contribution in [1.82, 2.24) is 0 Å². The average molecular weight is 433 g/mol. The van der Waals surface area contributed by atoms with Gasteiger partial charge in [-0.2, -0.15) is 0 Å². The van der Waals surface area contributed by atoms with Crippen LogP contribution in [0.1, 0.15) is 50.2 Å². The van der Waals surface area contributed by atoms with Crippen LogP contribution in [0.15, 0.2) is 12.1 Å². The molecular weight excluding hydrogens is 388 g/mol. The fraction of sp³-hybridized carbons (Fsp3) is 0.769. The van der Waals surface area contributed by atoms with E-state index in [1.54, 1.807) is 14.2 Å². The summed E-state index contributed by atoms with van der Waals surface area (Å²) >= 11 is 0. The van der Waals surface area contributed by atoms with Crippen molar-refractivity contribution >= 4 is 0 Å². The molecule has 0 amide bonds. The highest BCUT2D eigenvalue weighted by Gasteiger charge is 2.43. The molecule has 0 bridgehead atoms. The number of methoxy groups -OCH3 is 2. The minimum Gasteiger partial charge on any atom is -0.493 e. The van der Waals surface area contributed by atoms with Gasteiger partial charge in [0.05, 0.1) is 60.6 Å². The van der Waals surface area contributed by atoms with Crippen LogP contribution in [0.25, 0.3) is 0 Å². The summed E-state index contributed by atoms with van der Waals surface area (Å²) in [6.07, 6.45) is 8.31. The predicted octanol–water partition coefficient (Wildman–Crippen LogP) is 4.02. The normalized spacial score (nSPS) is 33.8. The Bertz CT molecular complexity index is 765. The minimum absolute atomic E-state index is 0.288. The van der Waals surface area contributed by atoms with Crippen molar-refractivity contribution in [2.75, 3.05) is 61.1 Å². The molecule has 5 heteroatoms. The number of hydrogen-bond acceptors (Lipinski definition) is 3. The van der Waals surface area contributed by atoms with E-state index in [0.717, 1.165) is 60.6 Å². The van der Waals surface area contributed by atoms with E-state index in [4.69, 9.17) is 14.2 Å². The average Bonchev–Trinajstić information content (AvgIpc) is 2.75. The van der Waals surface area contributed by atoms with Gasteiger partial charge in [0.1, 0.15) is 19.2 Å². The lowest BCUT2D eigenvalue weighted by Crippen LogP contribution is -2.61. The second-order valence-corrected chi connectivity index (χ2v) is 10.9. The van der Waals surface area contributed by atoms with E-state index in [0.29, 0.717) is 0 Å². The molecule has 0 spiro atoms. The van der Waals surface area contributed by atoms with Gasteiger partial charge in [0.2, 0.25) is 0 Å². The van der Waals surface area contributed by atoms with Crippen molar-refractivity contribution in [3.05, 3.63) is 23.3 Å². The van der Waals surface area contributed by atoms with Crippen molar-refractivity contribution in [3.8, 4) is 11.5 Å². The fourth-order valence-electron chi connectivity index (χ4n) is 6.77. The Hall–Kier alpha value is -1.30. The number of benzene rings is 1. The number of rotatable bonds is 7. The zero-order chi connectivity index (χ0) is 22.1. The first-order chi connectivity index (χ1) is 14.9. The molecule has 0 aliphatic carbocycles. The van der Waals surface area contributed by atoms with Crippen LogP contribution in [0.3, 0.4) is 0 Å². The van der Waals surface area contributed by atoms with Gasteiger partial charge in [0.25, 0.3) is 0 Å². The Kier molecular flexibility index (Phi) is 6.85. The molecule has 1 aromatic carbocycles. The van der Waals surface area contributed by atoms with Crippen molar-refractivity contribution in [3.63, 3.8) is 0 Å². The highest BCUT2D eigenvalue weighted by atomic mass is 16.5. The molecule has 2 saturated heterocycles. The molecule has 0 aromatic heterocycles. The van der Waals surface area contributed by atoms with E-state index in [2.05, 4.69) is 33.2 Å².